The van der Waals surface area contributed by atoms with Crippen LogP contribution in [0.3, 0.4) is 0 Å². The van der Waals surface area contributed by atoms with Gasteiger partial charge in [0.15, 0.2) is 6.20 Å². The molecule has 0 aliphatic rings. The third-order valence-corrected chi connectivity index (χ3v) is 3.49. The minimum Gasteiger partial charge on any atom is -0.201 e. The summed E-state index contributed by atoms with van der Waals surface area (Å²) < 4.78 is 56.1. The highest BCUT2D eigenvalue weighted by Gasteiger charge is 2.17. The lowest BCUT2D eigenvalue weighted by Crippen LogP contribution is -2.32. The Kier molecular flexibility index (Phi) is 1.96. The molecule has 100 valence electrons. The van der Waals surface area contributed by atoms with Crippen LogP contribution in [0.25, 0.3) is 11.3 Å². The van der Waals surface area contributed by atoms with Crippen LogP contribution in [0.4, 0.5) is 0 Å². The van der Waals surface area contributed by atoms with Crippen LogP contribution in [0, 0.1) is 20.7 Å². The number of benzene rings is 1. The molecule has 1 aromatic carbocycles. The molecule has 0 amide bonds. The summed E-state index contributed by atoms with van der Waals surface area (Å²) in [5.74, 6) is -1.71. The number of aryl methyl sites for hydroxylation is 3. The van der Waals surface area contributed by atoms with Gasteiger partial charge in [0, 0.05) is 26.8 Å². The van der Waals surface area contributed by atoms with Crippen LogP contribution in [0.1, 0.15) is 51.5 Å². The van der Waals surface area contributed by atoms with E-state index in [1.807, 2.05) is 18.5 Å². The molecule has 1 heterocycles. The molecule has 0 aliphatic carbocycles. The maximum absolute atomic E-state index is 8.25. The van der Waals surface area contributed by atoms with Gasteiger partial charge in [-0.15, -0.1) is 0 Å². The molecule has 2 aromatic rings. The van der Waals surface area contributed by atoms with E-state index in [1.54, 1.807) is 37.4 Å². The zero-order valence-corrected chi connectivity index (χ0v) is 11.8. The minimum absolute atomic E-state index is 0.293. The first-order chi connectivity index (χ1) is 11.7. The summed E-state index contributed by atoms with van der Waals surface area (Å²) in [7, 11) is 1.84. The Morgan fingerprint density at radius 1 is 1.21 bits per heavy atom. The highest BCUT2D eigenvalue weighted by Crippen LogP contribution is 2.27. The van der Waals surface area contributed by atoms with E-state index in [-0.39, 0.29) is 0 Å². The zero-order valence-electron chi connectivity index (χ0n) is 18.8. The highest BCUT2D eigenvalue weighted by atomic mass is 14.9. The van der Waals surface area contributed by atoms with Crippen molar-refractivity contribution in [1.82, 2.24) is 0 Å². The van der Waals surface area contributed by atoms with Crippen molar-refractivity contribution in [2.24, 2.45) is 7.05 Å². The van der Waals surface area contributed by atoms with Gasteiger partial charge in [0.1, 0.15) is 7.05 Å². The maximum Gasteiger partial charge on any atom is 0.215 e. The predicted molar refractivity (Wildman–Crippen MR) is 81.4 cm³/mol. The normalized spacial score (nSPS) is 20.9. The van der Waals surface area contributed by atoms with Crippen molar-refractivity contribution in [2.45, 2.75) is 40.4 Å². The van der Waals surface area contributed by atoms with Gasteiger partial charge in [-0.05, 0) is 49.4 Å². The summed E-state index contributed by atoms with van der Waals surface area (Å²) in [5.41, 5.74) is 3.75. The van der Waals surface area contributed by atoms with Crippen LogP contribution in [-0.4, -0.2) is 0 Å². The fraction of sp³-hybridized carbons (Fsp3) is 0.389. The standard InChI is InChI=1S/C18H24N/c1-12(2)16-7-8-17(14(4)11-16)18-15(5)13(3)9-10-19(18)6/h7-12H,1-6H3/q+1/i1D3,3D3,12D. The van der Waals surface area contributed by atoms with E-state index < -0.39 is 19.6 Å². The lowest BCUT2D eigenvalue weighted by atomic mass is 9.94. The van der Waals surface area contributed by atoms with Crippen molar-refractivity contribution in [3.05, 3.63) is 52.7 Å². The molecule has 0 fully saturated rings. The summed E-state index contributed by atoms with van der Waals surface area (Å²) >= 11 is 0. The van der Waals surface area contributed by atoms with Gasteiger partial charge in [-0.3, -0.25) is 0 Å². The topological polar surface area (TPSA) is 3.88 Å². The molecule has 1 heteroatoms. The second-order valence-corrected chi connectivity index (χ2v) is 4.97. The first-order valence-electron chi connectivity index (χ1n) is 9.79. The number of hydrogen-bond acceptors (Lipinski definition) is 0. The quantitative estimate of drug-likeness (QED) is 0.712. The van der Waals surface area contributed by atoms with Gasteiger partial charge in [0.25, 0.3) is 0 Å². The molecule has 19 heavy (non-hydrogen) atoms. The van der Waals surface area contributed by atoms with Gasteiger partial charge in [-0.1, -0.05) is 25.9 Å². The lowest BCUT2D eigenvalue weighted by Gasteiger charge is -2.12. The molecule has 0 radical (unpaired) electrons. The predicted octanol–water partition coefficient (Wildman–Crippen LogP) is 4.23. The first kappa shape index (κ1) is 7.23. The van der Waals surface area contributed by atoms with Gasteiger partial charge >= 0.3 is 0 Å². The van der Waals surface area contributed by atoms with Crippen molar-refractivity contribution in [3.63, 3.8) is 0 Å². The van der Waals surface area contributed by atoms with E-state index in [2.05, 4.69) is 0 Å². The number of aromatic nitrogens is 1. The van der Waals surface area contributed by atoms with Gasteiger partial charge in [0.05, 0.1) is 0 Å². The molecule has 0 spiro atoms. The van der Waals surface area contributed by atoms with Gasteiger partial charge in [-0.2, -0.15) is 0 Å². The first-order valence-corrected chi connectivity index (χ1v) is 6.29. The van der Waals surface area contributed by atoms with E-state index >= 15 is 0 Å². The average Bonchev–Trinajstić information content (AvgIpc) is 2.46. The molecule has 2 rings (SSSR count). The van der Waals surface area contributed by atoms with Crippen molar-refractivity contribution in [1.29, 1.82) is 0 Å². The van der Waals surface area contributed by atoms with Crippen molar-refractivity contribution in [2.75, 3.05) is 0 Å². The minimum atomic E-state index is -2.44. The molecule has 0 saturated heterocycles. The zero-order chi connectivity index (χ0) is 20.1. The van der Waals surface area contributed by atoms with E-state index in [4.69, 9.17) is 9.60 Å². The largest absolute Gasteiger partial charge is 0.215 e. The molecule has 0 aliphatic heterocycles. The Bertz CT molecular complexity index is 833. The number of hydrogen-bond donors (Lipinski definition) is 0. The van der Waals surface area contributed by atoms with Crippen molar-refractivity contribution >= 4 is 0 Å². The summed E-state index contributed by atoms with van der Waals surface area (Å²) in [5, 5.41) is 0. The molecule has 1 aromatic heterocycles. The molecular formula is C18H24N+. The Morgan fingerprint density at radius 3 is 2.63 bits per heavy atom. The number of rotatable bonds is 2. The third-order valence-electron chi connectivity index (χ3n) is 3.49. The highest BCUT2D eigenvalue weighted by molar-refractivity contribution is 5.65. The molecule has 0 saturated carbocycles. The molecular weight excluding hydrogens is 230 g/mol. The van der Waals surface area contributed by atoms with Crippen LogP contribution < -0.4 is 4.57 Å². The summed E-state index contributed by atoms with van der Waals surface area (Å²) in [4.78, 5) is 0. The van der Waals surface area contributed by atoms with Crippen LogP contribution in [-0.2, 0) is 7.05 Å². The average molecular weight is 261 g/mol. The molecule has 1 nitrogen and oxygen atoms in total. The van der Waals surface area contributed by atoms with E-state index in [0.717, 1.165) is 16.8 Å². The van der Waals surface area contributed by atoms with Gasteiger partial charge < -0.3 is 0 Å². The monoisotopic (exact) mass is 261 g/mol. The Hall–Kier alpha value is -1.63. The van der Waals surface area contributed by atoms with E-state index in [1.165, 1.54) is 6.92 Å². The lowest BCUT2D eigenvalue weighted by molar-refractivity contribution is -0.660. The number of nitrogens with zero attached hydrogens (tertiary/aromatic N) is 1. The van der Waals surface area contributed by atoms with Crippen LogP contribution >= 0.6 is 0 Å². The fourth-order valence-electron chi connectivity index (χ4n) is 2.33. The molecule has 1 atom stereocenters. The van der Waals surface area contributed by atoms with E-state index in [0.29, 0.717) is 16.7 Å². The van der Waals surface area contributed by atoms with Crippen LogP contribution in [0.2, 0.25) is 0 Å². The second-order valence-electron chi connectivity index (χ2n) is 4.97. The van der Waals surface area contributed by atoms with Crippen molar-refractivity contribution < 1.29 is 14.2 Å². The van der Waals surface area contributed by atoms with E-state index in [9.17, 15) is 0 Å². The van der Waals surface area contributed by atoms with Gasteiger partial charge in [0.2, 0.25) is 5.69 Å². The summed E-state index contributed by atoms with van der Waals surface area (Å²) in [6.45, 7) is 0.358. The Balaban J connectivity index is 2.66. The van der Waals surface area contributed by atoms with Crippen LogP contribution in [0.5, 0.6) is 0 Å². The maximum atomic E-state index is 8.25. The Morgan fingerprint density at radius 2 is 2.00 bits per heavy atom. The van der Waals surface area contributed by atoms with Gasteiger partial charge in [-0.25, -0.2) is 4.57 Å². The third kappa shape index (κ3) is 2.56. The number of pyridine rings is 1. The summed E-state index contributed by atoms with van der Waals surface area (Å²) in [6, 6.07) is 6.72. The fourth-order valence-corrected chi connectivity index (χ4v) is 2.33. The molecule has 0 bridgehead atoms. The second kappa shape index (κ2) is 5.16. The SMILES string of the molecule is [2H]C([2H])([2H])c1cc[n+](C)c(-c2ccc(C([2H])(C)C([2H])([2H])[2H])cc2C)c1C. The smallest absolute Gasteiger partial charge is 0.201 e. The molecule has 1 unspecified atom stereocenters. The van der Waals surface area contributed by atoms with Crippen LogP contribution in [0.15, 0.2) is 30.5 Å². The van der Waals surface area contributed by atoms with Crippen molar-refractivity contribution in [3.8, 4) is 11.3 Å². The Labute approximate surface area is 126 Å². The summed E-state index contributed by atoms with van der Waals surface area (Å²) in [6.07, 6.45) is 1.72. The molecule has 0 N–H and O–H groups in total.